The van der Waals surface area contributed by atoms with Crippen molar-refractivity contribution in [3.63, 3.8) is 0 Å². The minimum atomic E-state index is -0.287. The van der Waals surface area contributed by atoms with E-state index in [0.717, 1.165) is 12.3 Å². The molecule has 28 heavy (non-hydrogen) atoms. The molecule has 1 aromatic heterocycles. The summed E-state index contributed by atoms with van der Waals surface area (Å²) in [6.45, 7) is 5.92. The van der Waals surface area contributed by atoms with Crippen LogP contribution in [-0.2, 0) is 4.79 Å². The van der Waals surface area contributed by atoms with Gasteiger partial charge in [-0.05, 0) is 49.2 Å². The van der Waals surface area contributed by atoms with Gasteiger partial charge in [0.15, 0.2) is 0 Å². The molecule has 1 saturated carbocycles. The maximum atomic E-state index is 13.1. The van der Waals surface area contributed by atoms with E-state index in [4.69, 9.17) is 5.41 Å². The Bertz CT molecular complexity index is 811. The minimum absolute atomic E-state index is 0.287. The number of hydrogen-bond donors (Lipinski definition) is 2. The number of thioether (sulfide) groups is 1. The maximum Gasteiger partial charge on any atom is 0.269 e. The lowest BCUT2D eigenvalue weighted by atomic mass is 10.1. The second-order valence-electron chi connectivity index (χ2n) is 6.48. The molecular formula is C21H27N5OS. The Morgan fingerprint density at radius 1 is 1.50 bits per heavy atom. The summed E-state index contributed by atoms with van der Waals surface area (Å²) in [5.74, 6) is 1.53. The van der Waals surface area contributed by atoms with Crippen LogP contribution in [0, 0.1) is 17.2 Å². The summed E-state index contributed by atoms with van der Waals surface area (Å²) in [5, 5.41) is 10.8. The van der Waals surface area contributed by atoms with Crippen LogP contribution in [0.3, 0.4) is 0 Å². The zero-order valence-corrected chi connectivity index (χ0v) is 17.4. The molecule has 0 bridgehead atoms. The van der Waals surface area contributed by atoms with Gasteiger partial charge in [0, 0.05) is 24.5 Å². The third kappa shape index (κ3) is 5.66. The van der Waals surface area contributed by atoms with Crippen molar-refractivity contribution in [2.24, 2.45) is 11.8 Å². The number of nitrogens with zero attached hydrogens (tertiary/aromatic N) is 3. The van der Waals surface area contributed by atoms with Gasteiger partial charge in [0.1, 0.15) is 12.1 Å². The van der Waals surface area contributed by atoms with E-state index in [0.29, 0.717) is 27.9 Å². The number of amides is 1. The monoisotopic (exact) mass is 397 g/mol. The molecule has 0 aromatic carbocycles. The number of carbonyl (C=O) groups excluding carboxylic acids is 1. The second kappa shape index (κ2) is 10.6. The Balaban J connectivity index is 2.31. The number of anilines is 1. The molecule has 1 aromatic rings. The van der Waals surface area contributed by atoms with Gasteiger partial charge < -0.3 is 5.32 Å². The molecule has 0 aliphatic heterocycles. The summed E-state index contributed by atoms with van der Waals surface area (Å²) < 4.78 is 0. The topological polar surface area (TPSA) is 82.0 Å². The van der Waals surface area contributed by atoms with Gasteiger partial charge >= 0.3 is 0 Å². The van der Waals surface area contributed by atoms with Crippen molar-refractivity contribution in [1.82, 2.24) is 14.9 Å². The number of aromatic nitrogens is 2. The first kappa shape index (κ1) is 21.6. The standard InChI is InChI=1S/C21H27N5OS/c1-5-6-18(10-7-15(2)16-8-9-16)26(13-22)21(27)19(28-4)11-17-12-24-14-25-20(17)23-3/h5-7,10-16,22H,1,8-9H2,2-4H3,(H,23,24,25)/b10-7-,18-6+,19-11-,22-13?. The third-order valence-electron chi connectivity index (χ3n) is 4.55. The molecule has 148 valence electrons. The van der Waals surface area contributed by atoms with E-state index in [2.05, 4.69) is 34.9 Å². The number of allylic oxidation sites excluding steroid dienone is 4. The van der Waals surface area contributed by atoms with Crippen molar-refractivity contribution in [2.45, 2.75) is 19.8 Å². The molecular weight excluding hydrogens is 370 g/mol. The lowest BCUT2D eigenvalue weighted by Gasteiger charge is -2.19. The van der Waals surface area contributed by atoms with Crippen molar-refractivity contribution >= 4 is 35.9 Å². The van der Waals surface area contributed by atoms with E-state index in [1.165, 1.54) is 35.8 Å². The molecule has 1 unspecified atom stereocenters. The van der Waals surface area contributed by atoms with Gasteiger partial charge in [-0.15, -0.1) is 11.8 Å². The van der Waals surface area contributed by atoms with Gasteiger partial charge in [-0.3, -0.25) is 15.1 Å². The molecule has 2 rings (SSSR count). The molecule has 0 spiro atoms. The summed E-state index contributed by atoms with van der Waals surface area (Å²) in [4.78, 5) is 23.1. The average molecular weight is 398 g/mol. The maximum absolute atomic E-state index is 13.1. The highest BCUT2D eigenvalue weighted by Gasteiger charge is 2.26. The van der Waals surface area contributed by atoms with E-state index in [1.807, 2.05) is 12.3 Å². The SMILES string of the molecule is C=C/C=C(\C=C/C(C)C1CC1)N(C=N)C(=O)/C(=C/c1cncnc1NC)SC. The van der Waals surface area contributed by atoms with Gasteiger partial charge in [0.2, 0.25) is 0 Å². The Labute approximate surface area is 171 Å². The van der Waals surface area contributed by atoms with Crippen LogP contribution in [0.2, 0.25) is 0 Å². The van der Waals surface area contributed by atoms with E-state index in [1.54, 1.807) is 31.5 Å². The van der Waals surface area contributed by atoms with Gasteiger partial charge in [0.25, 0.3) is 5.91 Å². The summed E-state index contributed by atoms with van der Waals surface area (Å²) in [6.07, 6.45) is 17.6. The van der Waals surface area contributed by atoms with Crippen LogP contribution in [-0.4, -0.2) is 40.4 Å². The second-order valence-corrected chi connectivity index (χ2v) is 7.32. The lowest BCUT2D eigenvalue weighted by Crippen LogP contribution is -2.28. The van der Waals surface area contributed by atoms with Gasteiger partial charge in [-0.1, -0.05) is 25.7 Å². The van der Waals surface area contributed by atoms with Crippen LogP contribution in [0.25, 0.3) is 6.08 Å². The molecule has 1 fully saturated rings. The van der Waals surface area contributed by atoms with Crippen LogP contribution < -0.4 is 5.32 Å². The lowest BCUT2D eigenvalue weighted by molar-refractivity contribution is -0.121. The highest BCUT2D eigenvalue weighted by molar-refractivity contribution is 8.03. The summed E-state index contributed by atoms with van der Waals surface area (Å²) in [7, 11) is 1.76. The molecule has 6 nitrogen and oxygen atoms in total. The van der Waals surface area contributed by atoms with Gasteiger partial charge in [0.05, 0.1) is 11.2 Å². The predicted molar refractivity (Wildman–Crippen MR) is 118 cm³/mol. The third-order valence-corrected chi connectivity index (χ3v) is 5.28. The van der Waals surface area contributed by atoms with Crippen molar-refractivity contribution in [2.75, 3.05) is 18.6 Å². The van der Waals surface area contributed by atoms with Crippen molar-refractivity contribution in [3.05, 3.63) is 59.6 Å². The first-order chi connectivity index (χ1) is 13.5. The zero-order chi connectivity index (χ0) is 20.5. The summed E-state index contributed by atoms with van der Waals surface area (Å²) in [5.41, 5.74) is 1.32. The van der Waals surface area contributed by atoms with Crippen molar-refractivity contribution in [3.8, 4) is 0 Å². The van der Waals surface area contributed by atoms with Crippen LogP contribution >= 0.6 is 11.8 Å². The molecule has 2 N–H and O–H groups in total. The number of carbonyl (C=O) groups is 1. The fraction of sp³-hybridized carbons (Fsp3) is 0.333. The van der Waals surface area contributed by atoms with Crippen LogP contribution in [0.1, 0.15) is 25.3 Å². The van der Waals surface area contributed by atoms with Crippen molar-refractivity contribution in [1.29, 1.82) is 5.41 Å². The Morgan fingerprint density at radius 2 is 2.25 bits per heavy atom. The van der Waals surface area contributed by atoms with Crippen LogP contribution in [0.5, 0.6) is 0 Å². The number of hydrogen-bond acceptors (Lipinski definition) is 6. The molecule has 0 radical (unpaired) electrons. The van der Waals surface area contributed by atoms with Crippen molar-refractivity contribution < 1.29 is 4.79 Å². The zero-order valence-electron chi connectivity index (χ0n) is 16.6. The Morgan fingerprint density at radius 3 is 2.82 bits per heavy atom. The number of rotatable bonds is 10. The molecule has 1 aliphatic carbocycles. The summed E-state index contributed by atoms with van der Waals surface area (Å²) >= 11 is 1.32. The van der Waals surface area contributed by atoms with Crippen LogP contribution in [0.15, 0.2) is 54.0 Å². The predicted octanol–water partition coefficient (Wildman–Crippen LogP) is 4.33. The largest absolute Gasteiger partial charge is 0.373 e. The Hall–Kier alpha value is -2.67. The van der Waals surface area contributed by atoms with Crippen LogP contribution in [0.4, 0.5) is 5.82 Å². The first-order valence-corrected chi connectivity index (χ1v) is 10.4. The highest BCUT2D eigenvalue weighted by Crippen LogP contribution is 2.37. The quantitative estimate of drug-likeness (QED) is 0.266. The smallest absolute Gasteiger partial charge is 0.269 e. The molecule has 7 heteroatoms. The average Bonchev–Trinajstić information content (AvgIpc) is 3.56. The van der Waals surface area contributed by atoms with Gasteiger partial charge in [-0.2, -0.15) is 0 Å². The minimum Gasteiger partial charge on any atom is -0.373 e. The Kier molecular flexibility index (Phi) is 8.19. The molecule has 0 saturated heterocycles. The normalized spacial score (nSPS) is 16.0. The van der Waals surface area contributed by atoms with Gasteiger partial charge in [-0.25, -0.2) is 9.97 Å². The fourth-order valence-corrected chi connectivity index (χ4v) is 3.26. The summed E-state index contributed by atoms with van der Waals surface area (Å²) in [6, 6.07) is 0. The molecule has 1 amide bonds. The molecule has 1 aliphatic rings. The van der Waals surface area contributed by atoms with E-state index in [9.17, 15) is 4.79 Å². The number of nitrogens with one attached hydrogen (secondary N) is 2. The van der Waals surface area contributed by atoms with E-state index >= 15 is 0 Å². The first-order valence-electron chi connectivity index (χ1n) is 9.14. The fourth-order valence-electron chi connectivity index (χ4n) is 2.74. The highest BCUT2D eigenvalue weighted by atomic mass is 32.2. The molecule has 1 heterocycles. The van der Waals surface area contributed by atoms with E-state index in [-0.39, 0.29) is 5.91 Å². The van der Waals surface area contributed by atoms with E-state index < -0.39 is 0 Å². The molecule has 1 atom stereocenters.